The molecular weight excluding hydrogens is 448 g/mol. The molecule has 32 heavy (non-hydrogen) atoms. The van der Waals surface area contributed by atoms with Crippen molar-refractivity contribution in [3.63, 3.8) is 0 Å². The van der Waals surface area contributed by atoms with E-state index in [9.17, 15) is 13.2 Å². The standard InChI is InChI=1S/C22H24N4O4S2/c27-22(19-15-24-26(21(19)16-6-7-16)17-4-2-1-3-5-17)23-14-18-8-9-20(31-18)32(28,29)25-10-12-30-13-11-25/h1-5,8-9,15-16H,6-7,10-14H2,(H,23,27). The summed E-state index contributed by atoms with van der Waals surface area (Å²) in [6.07, 6.45) is 3.72. The van der Waals surface area contributed by atoms with Gasteiger partial charge in [0.2, 0.25) is 0 Å². The fourth-order valence-corrected chi connectivity index (χ4v) is 6.68. The number of ether oxygens (including phenoxy) is 1. The van der Waals surface area contributed by atoms with Crippen molar-refractivity contribution in [3.05, 3.63) is 64.8 Å². The van der Waals surface area contributed by atoms with Gasteiger partial charge < -0.3 is 10.1 Å². The van der Waals surface area contributed by atoms with Gasteiger partial charge in [-0.1, -0.05) is 18.2 Å². The highest BCUT2D eigenvalue weighted by Crippen LogP contribution is 2.42. The van der Waals surface area contributed by atoms with Gasteiger partial charge >= 0.3 is 0 Å². The van der Waals surface area contributed by atoms with Crippen LogP contribution in [0.25, 0.3) is 5.69 Å². The topological polar surface area (TPSA) is 93.5 Å². The number of benzene rings is 1. The van der Waals surface area contributed by atoms with E-state index in [1.165, 1.54) is 15.6 Å². The first-order valence-electron chi connectivity index (χ1n) is 10.6. The van der Waals surface area contributed by atoms with Gasteiger partial charge in [0.05, 0.1) is 42.9 Å². The zero-order chi connectivity index (χ0) is 22.1. The molecule has 8 nitrogen and oxygen atoms in total. The number of para-hydroxylation sites is 1. The summed E-state index contributed by atoms with van der Waals surface area (Å²) >= 11 is 1.19. The molecule has 1 saturated heterocycles. The van der Waals surface area contributed by atoms with Crippen molar-refractivity contribution in [2.24, 2.45) is 0 Å². The average Bonchev–Trinajstić information content (AvgIpc) is 3.37. The van der Waals surface area contributed by atoms with Crippen molar-refractivity contribution in [2.75, 3.05) is 26.3 Å². The number of carbonyl (C=O) groups excluding carboxylic acids is 1. The van der Waals surface area contributed by atoms with Gasteiger partial charge in [0.15, 0.2) is 0 Å². The number of nitrogens with zero attached hydrogens (tertiary/aromatic N) is 3. The monoisotopic (exact) mass is 472 g/mol. The highest BCUT2D eigenvalue weighted by molar-refractivity contribution is 7.91. The largest absolute Gasteiger partial charge is 0.379 e. The third-order valence-corrected chi connectivity index (χ3v) is 9.09. The fourth-order valence-electron chi connectivity index (χ4n) is 3.83. The van der Waals surface area contributed by atoms with E-state index in [0.717, 1.165) is 29.1 Å². The Morgan fingerprint density at radius 2 is 1.88 bits per heavy atom. The third kappa shape index (κ3) is 4.23. The van der Waals surface area contributed by atoms with Gasteiger partial charge in [0.25, 0.3) is 15.9 Å². The Bertz CT molecular complexity index is 1210. The first kappa shape index (κ1) is 21.3. The Hall–Kier alpha value is -2.53. The molecule has 0 unspecified atom stereocenters. The molecule has 1 aromatic carbocycles. The van der Waals surface area contributed by atoms with E-state index in [2.05, 4.69) is 10.4 Å². The summed E-state index contributed by atoms with van der Waals surface area (Å²) in [4.78, 5) is 13.8. The number of rotatable bonds is 7. The lowest BCUT2D eigenvalue weighted by atomic mass is 10.1. The van der Waals surface area contributed by atoms with Crippen molar-refractivity contribution < 1.29 is 17.9 Å². The van der Waals surface area contributed by atoms with E-state index in [1.54, 1.807) is 18.3 Å². The number of carbonyl (C=O) groups is 1. The zero-order valence-electron chi connectivity index (χ0n) is 17.4. The van der Waals surface area contributed by atoms with Gasteiger partial charge in [-0.05, 0) is 37.1 Å². The maximum absolute atomic E-state index is 13.0. The summed E-state index contributed by atoms with van der Waals surface area (Å²) in [5.41, 5.74) is 2.45. The van der Waals surface area contributed by atoms with Gasteiger partial charge in [-0.2, -0.15) is 9.40 Å². The highest BCUT2D eigenvalue weighted by atomic mass is 32.2. The lowest BCUT2D eigenvalue weighted by molar-refractivity contribution is 0.0731. The van der Waals surface area contributed by atoms with Gasteiger partial charge in [0.1, 0.15) is 4.21 Å². The van der Waals surface area contributed by atoms with Crippen LogP contribution < -0.4 is 5.32 Å². The maximum Gasteiger partial charge on any atom is 0.255 e. The number of hydrogen-bond acceptors (Lipinski definition) is 6. The van der Waals surface area contributed by atoms with Gasteiger partial charge in [-0.25, -0.2) is 13.1 Å². The molecule has 1 aliphatic heterocycles. The second-order valence-electron chi connectivity index (χ2n) is 7.88. The van der Waals surface area contributed by atoms with Crippen molar-refractivity contribution in [2.45, 2.75) is 29.5 Å². The first-order valence-corrected chi connectivity index (χ1v) is 12.9. The summed E-state index contributed by atoms with van der Waals surface area (Å²) in [5, 5.41) is 7.41. The van der Waals surface area contributed by atoms with Crippen LogP contribution in [0.4, 0.5) is 0 Å². The molecular formula is C22H24N4O4S2. The molecule has 3 heterocycles. The summed E-state index contributed by atoms with van der Waals surface area (Å²) in [6, 6.07) is 13.2. The predicted molar refractivity (Wildman–Crippen MR) is 121 cm³/mol. The number of thiophene rings is 1. The Morgan fingerprint density at radius 3 is 2.59 bits per heavy atom. The average molecular weight is 473 g/mol. The smallest absolute Gasteiger partial charge is 0.255 e. The number of morpholine rings is 1. The van der Waals surface area contributed by atoms with Gasteiger partial charge in [-0.3, -0.25) is 4.79 Å². The van der Waals surface area contributed by atoms with Gasteiger partial charge in [-0.15, -0.1) is 11.3 Å². The van der Waals surface area contributed by atoms with Crippen LogP contribution in [0.2, 0.25) is 0 Å². The first-order chi connectivity index (χ1) is 15.5. The number of amides is 1. The van der Waals surface area contributed by atoms with Crippen LogP contribution in [0, 0.1) is 0 Å². The molecule has 0 radical (unpaired) electrons. The Morgan fingerprint density at radius 1 is 1.12 bits per heavy atom. The molecule has 2 aromatic heterocycles. The SMILES string of the molecule is O=C(NCc1ccc(S(=O)(=O)N2CCOCC2)s1)c1cnn(-c2ccccc2)c1C1CC1. The predicted octanol–water partition coefficient (Wildman–Crippen LogP) is 2.76. The van der Waals surface area contributed by atoms with Crippen molar-refractivity contribution in [3.8, 4) is 5.69 Å². The number of nitrogens with one attached hydrogen (secondary N) is 1. The minimum atomic E-state index is -3.52. The van der Waals surface area contributed by atoms with Crippen LogP contribution in [0.1, 0.15) is 39.7 Å². The molecule has 1 amide bonds. The summed E-state index contributed by atoms with van der Waals surface area (Å²) in [5.74, 6) is 0.144. The van der Waals surface area contributed by atoms with E-state index in [4.69, 9.17) is 4.74 Å². The molecule has 0 spiro atoms. The lowest BCUT2D eigenvalue weighted by Gasteiger charge is -2.25. The third-order valence-electron chi connectivity index (χ3n) is 5.64. The van der Waals surface area contributed by atoms with Crippen LogP contribution >= 0.6 is 11.3 Å². The van der Waals surface area contributed by atoms with E-state index in [1.807, 2.05) is 35.0 Å². The Balaban J connectivity index is 1.30. The number of hydrogen-bond donors (Lipinski definition) is 1. The van der Waals surface area contributed by atoms with E-state index < -0.39 is 10.0 Å². The Labute approximate surface area is 190 Å². The number of sulfonamides is 1. The molecule has 0 bridgehead atoms. The second-order valence-corrected chi connectivity index (χ2v) is 11.2. The normalized spacial score (nSPS) is 17.4. The minimum absolute atomic E-state index is 0.194. The van der Waals surface area contributed by atoms with Gasteiger partial charge in [0, 0.05) is 23.9 Å². The van der Waals surface area contributed by atoms with Crippen LogP contribution in [0.15, 0.2) is 52.9 Å². The van der Waals surface area contributed by atoms with Crippen LogP contribution in [-0.2, 0) is 21.3 Å². The lowest BCUT2D eigenvalue weighted by Crippen LogP contribution is -2.40. The molecule has 1 aliphatic carbocycles. The fraction of sp³-hybridized carbons (Fsp3) is 0.364. The van der Waals surface area contributed by atoms with E-state index in [-0.39, 0.29) is 12.5 Å². The molecule has 5 rings (SSSR count). The number of aromatic nitrogens is 2. The van der Waals surface area contributed by atoms with Crippen LogP contribution in [0.3, 0.4) is 0 Å². The molecule has 1 N–H and O–H groups in total. The molecule has 0 atom stereocenters. The van der Waals surface area contributed by atoms with E-state index >= 15 is 0 Å². The minimum Gasteiger partial charge on any atom is -0.379 e. The Kier molecular flexibility index (Phi) is 5.85. The molecule has 10 heteroatoms. The maximum atomic E-state index is 13.0. The zero-order valence-corrected chi connectivity index (χ0v) is 19.1. The summed E-state index contributed by atoms with van der Waals surface area (Å²) < 4.78 is 34.5. The van der Waals surface area contributed by atoms with Crippen LogP contribution in [-0.4, -0.2) is 54.7 Å². The quantitative estimate of drug-likeness (QED) is 0.571. The van der Waals surface area contributed by atoms with Crippen LogP contribution in [0.5, 0.6) is 0 Å². The molecule has 3 aromatic rings. The molecule has 2 fully saturated rings. The second kappa shape index (κ2) is 8.78. The van der Waals surface area contributed by atoms with Crippen molar-refractivity contribution in [1.82, 2.24) is 19.4 Å². The molecule has 168 valence electrons. The highest BCUT2D eigenvalue weighted by Gasteiger charge is 2.33. The summed E-state index contributed by atoms with van der Waals surface area (Å²) in [7, 11) is -3.52. The molecule has 2 aliphatic rings. The molecule has 1 saturated carbocycles. The van der Waals surface area contributed by atoms with Crippen molar-refractivity contribution >= 4 is 27.3 Å². The van der Waals surface area contributed by atoms with E-state index in [0.29, 0.717) is 42.0 Å². The summed E-state index contributed by atoms with van der Waals surface area (Å²) in [6.45, 7) is 1.81. The van der Waals surface area contributed by atoms with Crippen molar-refractivity contribution in [1.29, 1.82) is 0 Å².